The highest BCUT2D eigenvalue weighted by molar-refractivity contribution is 5.92. The molecular weight excluding hydrogens is 289 g/mol. The Hall–Kier alpha value is -2.70. The Labute approximate surface area is 126 Å². The lowest BCUT2D eigenvalue weighted by atomic mass is 10.3. The van der Waals surface area contributed by atoms with Crippen molar-refractivity contribution in [2.75, 3.05) is 6.54 Å². The van der Waals surface area contributed by atoms with E-state index >= 15 is 0 Å². The SMILES string of the molecule is Cc1cc(C(=O)NCCCC(=O)O)nn1-c1ccc(F)cc1. The highest BCUT2D eigenvalue weighted by Gasteiger charge is 2.13. The van der Waals surface area contributed by atoms with Gasteiger partial charge in [0.1, 0.15) is 5.82 Å². The van der Waals surface area contributed by atoms with Gasteiger partial charge in [0.15, 0.2) is 5.69 Å². The van der Waals surface area contributed by atoms with Crippen LogP contribution in [-0.2, 0) is 4.79 Å². The third-order valence-electron chi connectivity index (χ3n) is 3.04. The second-order valence-corrected chi connectivity index (χ2v) is 4.81. The van der Waals surface area contributed by atoms with Crippen LogP contribution in [-0.4, -0.2) is 33.3 Å². The van der Waals surface area contributed by atoms with Gasteiger partial charge >= 0.3 is 5.97 Å². The Bertz CT molecular complexity index is 680. The van der Waals surface area contributed by atoms with Crippen molar-refractivity contribution in [3.63, 3.8) is 0 Å². The molecule has 0 aliphatic carbocycles. The maximum atomic E-state index is 12.9. The molecule has 2 rings (SSSR count). The highest BCUT2D eigenvalue weighted by Crippen LogP contribution is 2.13. The van der Waals surface area contributed by atoms with E-state index in [1.807, 2.05) is 0 Å². The quantitative estimate of drug-likeness (QED) is 0.799. The number of carbonyl (C=O) groups excluding carboxylic acids is 1. The molecule has 22 heavy (non-hydrogen) atoms. The zero-order valence-corrected chi connectivity index (χ0v) is 12.0. The lowest BCUT2D eigenvalue weighted by Crippen LogP contribution is -2.25. The predicted molar refractivity (Wildman–Crippen MR) is 77.5 cm³/mol. The smallest absolute Gasteiger partial charge is 0.303 e. The van der Waals surface area contributed by atoms with Crippen LogP contribution in [0.15, 0.2) is 30.3 Å². The molecule has 0 saturated heterocycles. The van der Waals surface area contributed by atoms with Gasteiger partial charge in [0.05, 0.1) is 5.69 Å². The van der Waals surface area contributed by atoms with Gasteiger partial charge in [0, 0.05) is 18.7 Å². The number of nitrogens with zero attached hydrogens (tertiary/aromatic N) is 2. The molecule has 0 spiro atoms. The number of hydrogen-bond donors (Lipinski definition) is 2. The summed E-state index contributed by atoms with van der Waals surface area (Å²) in [5, 5.41) is 15.3. The van der Waals surface area contributed by atoms with E-state index in [1.165, 1.54) is 12.1 Å². The molecule has 0 fully saturated rings. The molecule has 0 bridgehead atoms. The number of nitrogens with one attached hydrogen (secondary N) is 1. The number of aryl methyl sites for hydroxylation is 1. The molecule has 0 aliphatic heterocycles. The fraction of sp³-hybridized carbons (Fsp3) is 0.267. The molecule has 0 unspecified atom stereocenters. The summed E-state index contributed by atoms with van der Waals surface area (Å²) < 4.78 is 14.5. The zero-order chi connectivity index (χ0) is 16.1. The maximum absolute atomic E-state index is 12.9. The van der Waals surface area contributed by atoms with Crippen LogP contribution in [0, 0.1) is 12.7 Å². The Morgan fingerprint density at radius 3 is 2.64 bits per heavy atom. The second kappa shape index (κ2) is 6.84. The normalized spacial score (nSPS) is 10.5. The molecule has 0 aliphatic rings. The first-order valence-electron chi connectivity index (χ1n) is 6.80. The molecule has 1 aromatic carbocycles. The molecule has 2 aromatic rings. The Kier molecular flexibility index (Phi) is 4.88. The van der Waals surface area contributed by atoms with Gasteiger partial charge in [-0.05, 0) is 43.7 Å². The molecule has 116 valence electrons. The van der Waals surface area contributed by atoms with Gasteiger partial charge in [-0.15, -0.1) is 0 Å². The van der Waals surface area contributed by atoms with E-state index in [1.54, 1.807) is 29.8 Å². The first-order valence-corrected chi connectivity index (χ1v) is 6.80. The molecule has 1 heterocycles. The summed E-state index contributed by atoms with van der Waals surface area (Å²) in [6, 6.07) is 7.41. The number of carbonyl (C=O) groups is 2. The number of amides is 1. The van der Waals surface area contributed by atoms with Gasteiger partial charge in [0.2, 0.25) is 0 Å². The Balaban J connectivity index is 2.04. The number of rotatable bonds is 6. The monoisotopic (exact) mass is 305 g/mol. The van der Waals surface area contributed by atoms with Crippen LogP contribution < -0.4 is 5.32 Å². The topological polar surface area (TPSA) is 84.2 Å². The molecule has 7 heteroatoms. The molecule has 1 aromatic heterocycles. The number of carboxylic acids is 1. The van der Waals surface area contributed by atoms with Crippen molar-refractivity contribution in [2.24, 2.45) is 0 Å². The number of aromatic nitrogens is 2. The minimum atomic E-state index is -0.898. The molecule has 6 nitrogen and oxygen atoms in total. The van der Waals surface area contributed by atoms with Gasteiger partial charge in [0.25, 0.3) is 5.91 Å². The predicted octanol–water partition coefficient (Wildman–Crippen LogP) is 1.91. The molecule has 2 N–H and O–H groups in total. The molecule has 0 atom stereocenters. The zero-order valence-electron chi connectivity index (χ0n) is 12.0. The lowest BCUT2D eigenvalue weighted by Gasteiger charge is -2.04. The summed E-state index contributed by atoms with van der Waals surface area (Å²) in [4.78, 5) is 22.3. The summed E-state index contributed by atoms with van der Waals surface area (Å²) >= 11 is 0. The van der Waals surface area contributed by atoms with Gasteiger partial charge in [-0.3, -0.25) is 9.59 Å². The van der Waals surface area contributed by atoms with Crippen LogP contribution >= 0.6 is 0 Å². The fourth-order valence-corrected chi connectivity index (χ4v) is 1.96. The third kappa shape index (κ3) is 3.91. The van der Waals surface area contributed by atoms with Crippen molar-refractivity contribution in [1.82, 2.24) is 15.1 Å². The average molecular weight is 305 g/mol. The minimum absolute atomic E-state index is 0.00330. The van der Waals surface area contributed by atoms with Crippen molar-refractivity contribution >= 4 is 11.9 Å². The van der Waals surface area contributed by atoms with E-state index in [4.69, 9.17) is 5.11 Å². The summed E-state index contributed by atoms with van der Waals surface area (Å²) in [5.41, 5.74) is 1.63. The molecule has 0 radical (unpaired) electrons. The number of hydrogen-bond acceptors (Lipinski definition) is 3. The van der Waals surface area contributed by atoms with E-state index in [9.17, 15) is 14.0 Å². The summed E-state index contributed by atoms with van der Waals surface area (Å²) in [5.74, 6) is -1.61. The van der Waals surface area contributed by atoms with Crippen molar-refractivity contribution < 1.29 is 19.1 Å². The summed E-state index contributed by atoms with van der Waals surface area (Å²) in [6.45, 7) is 2.06. The highest BCUT2D eigenvalue weighted by atomic mass is 19.1. The summed E-state index contributed by atoms with van der Waals surface area (Å²) in [7, 11) is 0. The van der Waals surface area contributed by atoms with E-state index in [-0.39, 0.29) is 30.4 Å². The number of benzene rings is 1. The van der Waals surface area contributed by atoms with Crippen molar-refractivity contribution in [3.05, 3.63) is 47.5 Å². The Morgan fingerprint density at radius 2 is 2.00 bits per heavy atom. The largest absolute Gasteiger partial charge is 0.481 e. The average Bonchev–Trinajstić information content (AvgIpc) is 2.86. The van der Waals surface area contributed by atoms with Gasteiger partial charge < -0.3 is 10.4 Å². The van der Waals surface area contributed by atoms with E-state index in [2.05, 4.69) is 10.4 Å². The number of halogens is 1. The van der Waals surface area contributed by atoms with Crippen molar-refractivity contribution in [3.8, 4) is 5.69 Å². The van der Waals surface area contributed by atoms with E-state index < -0.39 is 5.97 Å². The Morgan fingerprint density at radius 1 is 1.32 bits per heavy atom. The maximum Gasteiger partial charge on any atom is 0.303 e. The van der Waals surface area contributed by atoms with Crippen LogP contribution in [0.4, 0.5) is 4.39 Å². The van der Waals surface area contributed by atoms with Crippen LogP contribution in [0.3, 0.4) is 0 Å². The number of aliphatic carboxylic acids is 1. The van der Waals surface area contributed by atoms with Crippen molar-refractivity contribution in [1.29, 1.82) is 0 Å². The lowest BCUT2D eigenvalue weighted by molar-refractivity contribution is -0.137. The second-order valence-electron chi connectivity index (χ2n) is 4.81. The van der Waals surface area contributed by atoms with Gasteiger partial charge in [-0.2, -0.15) is 5.10 Å². The van der Waals surface area contributed by atoms with Gasteiger partial charge in [-0.25, -0.2) is 9.07 Å². The van der Waals surface area contributed by atoms with E-state index in [0.29, 0.717) is 12.1 Å². The first-order chi connectivity index (χ1) is 10.5. The number of carboxylic acid groups (broad SMARTS) is 1. The summed E-state index contributed by atoms with van der Waals surface area (Å²) in [6.07, 6.45) is 0.363. The first kappa shape index (κ1) is 15.7. The molecular formula is C15H16FN3O3. The molecule has 1 amide bonds. The van der Waals surface area contributed by atoms with E-state index in [0.717, 1.165) is 5.69 Å². The van der Waals surface area contributed by atoms with Gasteiger partial charge in [-0.1, -0.05) is 0 Å². The van der Waals surface area contributed by atoms with Crippen LogP contribution in [0.5, 0.6) is 0 Å². The minimum Gasteiger partial charge on any atom is -0.481 e. The standard InChI is InChI=1S/C15H16FN3O3/c1-10-9-13(15(22)17-8-2-3-14(20)21)18-19(10)12-6-4-11(16)5-7-12/h4-7,9H,2-3,8H2,1H3,(H,17,22)(H,20,21). The van der Waals surface area contributed by atoms with Crippen LogP contribution in [0.2, 0.25) is 0 Å². The fourth-order valence-electron chi connectivity index (χ4n) is 1.96. The van der Waals surface area contributed by atoms with Crippen molar-refractivity contribution in [2.45, 2.75) is 19.8 Å². The third-order valence-corrected chi connectivity index (χ3v) is 3.04. The van der Waals surface area contributed by atoms with Crippen LogP contribution in [0.1, 0.15) is 29.0 Å². The van der Waals surface area contributed by atoms with Crippen LogP contribution in [0.25, 0.3) is 5.69 Å². The molecule has 0 saturated carbocycles.